The summed E-state index contributed by atoms with van der Waals surface area (Å²) in [5.41, 5.74) is 3.02. The van der Waals surface area contributed by atoms with E-state index in [0.717, 1.165) is 41.8 Å². The molecule has 0 bridgehead atoms. The molecule has 2 aromatic carbocycles. The van der Waals surface area contributed by atoms with Gasteiger partial charge in [-0.3, -0.25) is 4.79 Å². The first-order valence-electron chi connectivity index (χ1n) is 10.1. The highest BCUT2D eigenvalue weighted by molar-refractivity contribution is 7.99. The van der Waals surface area contributed by atoms with E-state index in [2.05, 4.69) is 22.0 Å². The van der Waals surface area contributed by atoms with Crippen molar-refractivity contribution in [3.8, 4) is 0 Å². The first kappa shape index (κ1) is 20.4. The number of nitrogens with zero attached hydrogens (tertiary/aromatic N) is 3. The summed E-state index contributed by atoms with van der Waals surface area (Å²) in [7, 11) is 1.86. The largest absolute Gasteiger partial charge is 0.378 e. The van der Waals surface area contributed by atoms with E-state index < -0.39 is 0 Å². The zero-order valence-electron chi connectivity index (χ0n) is 17.0. The second-order valence-corrected chi connectivity index (χ2v) is 8.28. The molecule has 0 aliphatic carbocycles. The van der Waals surface area contributed by atoms with E-state index in [9.17, 15) is 4.79 Å². The number of benzene rings is 2. The van der Waals surface area contributed by atoms with Crippen molar-refractivity contribution in [2.45, 2.75) is 16.5 Å². The average molecular weight is 420 g/mol. The second-order valence-electron chi connectivity index (χ2n) is 7.18. The number of morpholine rings is 1. The van der Waals surface area contributed by atoms with Gasteiger partial charge in [-0.05, 0) is 48.0 Å². The molecule has 6 heteroatoms. The van der Waals surface area contributed by atoms with Gasteiger partial charge in [-0.1, -0.05) is 36.0 Å². The normalized spacial score (nSPS) is 13.8. The van der Waals surface area contributed by atoms with Crippen molar-refractivity contribution < 1.29 is 9.53 Å². The van der Waals surface area contributed by atoms with Crippen molar-refractivity contribution in [1.29, 1.82) is 0 Å². The number of anilines is 1. The van der Waals surface area contributed by atoms with Crippen molar-refractivity contribution in [1.82, 2.24) is 9.88 Å². The van der Waals surface area contributed by atoms with Gasteiger partial charge in [-0.25, -0.2) is 4.98 Å². The Morgan fingerprint density at radius 2 is 1.77 bits per heavy atom. The van der Waals surface area contributed by atoms with Crippen LogP contribution in [0, 0.1) is 0 Å². The van der Waals surface area contributed by atoms with Gasteiger partial charge in [0, 0.05) is 49.0 Å². The number of rotatable bonds is 6. The molecule has 2 heterocycles. The summed E-state index contributed by atoms with van der Waals surface area (Å²) in [4.78, 5) is 22.5. The first-order chi connectivity index (χ1) is 14.7. The quantitative estimate of drug-likeness (QED) is 0.595. The van der Waals surface area contributed by atoms with Crippen LogP contribution in [0.4, 0.5) is 5.69 Å². The third-order valence-corrected chi connectivity index (χ3v) is 6.02. The van der Waals surface area contributed by atoms with Crippen molar-refractivity contribution in [3.05, 3.63) is 84.1 Å². The lowest BCUT2D eigenvalue weighted by Gasteiger charge is -2.31. The molecular weight excluding hydrogens is 394 g/mol. The zero-order chi connectivity index (χ0) is 20.8. The summed E-state index contributed by atoms with van der Waals surface area (Å²) in [5.74, 6) is 0.0150. The number of aromatic nitrogens is 1. The van der Waals surface area contributed by atoms with Gasteiger partial charge in [-0.2, -0.15) is 0 Å². The third kappa shape index (κ3) is 5.01. The molecule has 0 atom stereocenters. The smallest absolute Gasteiger partial charge is 0.253 e. The van der Waals surface area contributed by atoms with Gasteiger partial charge < -0.3 is 14.5 Å². The predicted octanol–water partition coefficient (Wildman–Crippen LogP) is 4.34. The maximum Gasteiger partial charge on any atom is 0.253 e. The Hall–Kier alpha value is -2.83. The number of carbonyl (C=O) groups excluding carboxylic acids is 1. The van der Waals surface area contributed by atoms with Crippen LogP contribution in [0.2, 0.25) is 0 Å². The van der Waals surface area contributed by atoms with Crippen LogP contribution >= 0.6 is 11.8 Å². The fourth-order valence-electron chi connectivity index (χ4n) is 3.50. The molecule has 3 aromatic rings. The van der Waals surface area contributed by atoms with E-state index >= 15 is 0 Å². The molecule has 0 spiro atoms. The minimum absolute atomic E-state index is 0.0150. The van der Waals surface area contributed by atoms with Gasteiger partial charge in [-0.15, -0.1) is 0 Å². The van der Waals surface area contributed by atoms with Gasteiger partial charge in [0.2, 0.25) is 0 Å². The van der Waals surface area contributed by atoms with Gasteiger partial charge in [0.05, 0.1) is 13.2 Å². The molecule has 154 valence electrons. The van der Waals surface area contributed by atoms with Crippen LogP contribution < -0.4 is 4.90 Å². The maximum absolute atomic E-state index is 13.0. The number of hydrogen-bond donors (Lipinski definition) is 0. The van der Waals surface area contributed by atoms with E-state index in [1.54, 1.807) is 22.9 Å². The van der Waals surface area contributed by atoms with Crippen LogP contribution in [0.25, 0.3) is 0 Å². The fourth-order valence-corrected chi connectivity index (χ4v) is 4.27. The lowest BCUT2D eigenvalue weighted by molar-refractivity contribution is 0.0785. The highest BCUT2D eigenvalue weighted by Gasteiger charge is 2.18. The van der Waals surface area contributed by atoms with Crippen LogP contribution in [0.15, 0.2) is 82.8 Å². The molecular formula is C24H25N3O2S. The summed E-state index contributed by atoms with van der Waals surface area (Å²) in [6, 6.07) is 21.9. The lowest BCUT2D eigenvalue weighted by atomic mass is 10.1. The maximum atomic E-state index is 13.0. The molecule has 1 aliphatic rings. The number of ether oxygens (including phenoxy) is 1. The summed E-state index contributed by atoms with van der Waals surface area (Å²) >= 11 is 1.59. The Bertz CT molecular complexity index is 973. The van der Waals surface area contributed by atoms with E-state index in [4.69, 9.17) is 4.74 Å². The summed E-state index contributed by atoms with van der Waals surface area (Å²) in [6.45, 7) is 3.81. The highest BCUT2D eigenvalue weighted by atomic mass is 32.2. The minimum atomic E-state index is 0.0150. The average Bonchev–Trinajstić information content (AvgIpc) is 2.81. The second kappa shape index (κ2) is 9.78. The monoisotopic (exact) mass is 419 g/mol. The highest BCUT2D eigenvalue weighted by Crippen LogP contribution is 2.26. The number of para-hydroxylation sites is 1. The van der Waals surface area contributed by atoms with Crippen molar-refractivity contribution in [2.24, 2.45) is 0 Å². The summed E-state index contributed by atoms with van der Waals surface area (Å²) < 4.78 is 5.47. The number of hydrogen-bond acceptors (Lipinski definition) is 5. The third-order valence-electron chi connectivity index (χ3n) is 5.06. The molecule has 5 nitrogen and oxygen atoms in total. The Labute approximate surface area is 181 Å². The zero-order valence-corrected chi connectivity index (χ0v) is 17.8. The molecule has 0 N–H and O–H groups in total. The van der Waals surface area contributed by atoms with Crippen molar-refractivity contribution >= 4 is 23.4 Å². The molecule has 1 saturated heterocycles. The Kier molecular flexibility index (Phi) is 6.67. The fraction of sp³-hybridized carbons (Fsp3) is 0.250. The molecule has 0 unspecified atom stereocenters. The topological polar surface area (TPSA) is 45.7 Å². The predicted molar refractivity (Wildman–Crippen MR) is 120 cm³/mol. The van der Waals surface area contributed by atoms with Crippen molar-refractivity contribution in [2.75, 3.05) is 38.3 Å². The first-order valence-corrected chi connectivity index (χ1v) is 10.9. The van der Waals surface area contributed by atoms with Crippen molar-refractivity contribution in [3.63, 3.8) is 0 Å². The van der Waals surface area contributed by atoms with E-state index in [0.29, 0.717) is 12.1 Å². The van der Waals surface area contributed by atoms with Gasteiger partial charge in [0.1, 0.15) is 5.03 Å². The molecule has 1 fully saturated rings. The van der Waals surface area contributed by atoms with Gasteiger partial charge in [0.15, 0.2) is 0 Å². The van der Waals surface area contributed by atoms with E-state index in [-0.39, 0.29) is 5.91 Å². The molecule has 0 saturated carbocycles. The molecule has 4 rings (SSSR count). The van der Waals surface area contributed by atoms with Gasteiger partial charge >= 0.3 is 0 Å². The minimum Gasteiger partial charge on any atom is -0.378 e. The Morgan fingerprint density at radius 3 is 2.50 bits per heavy atom. The summed E-state index contributed by atoms with van der Waals surface area (Å²) in [6.07, 6.45) is 1.78. The number of carbonyl (C=O) groups is 1. The SMILES string of the molecule is CN(Cc1ccccc1N1CCOCC1)C(=O)c1ccc(Sc2ccccn2)cc1. The number of pyridine rings is 1. The van der Waals surface area contributed by atoms with Gasteiger partial charge in [0.25, 0.3) is 5.91 Å². The molecule has 30 heavy (non-hydrogen) atoms. The van der Waals surface area contributed by atoms with Crippen LogP contribution in [0.3, 0.4) is 0 Å². The molecule has 1 aliphatic heterocycles. The molecule has 1 aromatic heterocycles. The Balaban J connectivity index is 1.43. The van der Waals surface area contributed by atoms with E-state index in [1.165, 1.54) is 5.69 Å². The van der Waals surface area contributed by atoms with Crippen LogP contribution in [-0.2, 0) is 11.3 Å². The Morgan fingerprint density at radius 1 is 1.03 bits per heavy atom. The standard InChI is InChI=1S/C24H25N3O2S/c1-26(18-20-6-2-3-7-22(20)27-14-16-29-17-15-27)24(28)19-9-11-21(12-10-19)30-23-8-4-5-13-25-23/h2-13H,14-18H2,1H3. The van der Waals surface area contributed by atoms with E-state index in [1.807, 2.05) is 61.6 Å². The molecule has 0 radical (unpaired) electrons. The molecule has 1 amide bonds. The summed E-state index contributed by atoms with van der Waals surface area (Å²) in [5, 5.41) is 0.938. The van der Waals surface area contributed by atoms with Crippen LogP contribution in [0.5, 0.6) is 0 Å². The lowest BCUT2D eigenvalue weighted by Crippen LogP contribution is -2.37. The van der Waals surface area contributed by atoms with Crippen LogP contribution in [-0.4, -0.2) is 49.1 Å². The van der Waals surface area contributed by atoms with Crippen LogP contribution in [0.1, 0.15) is 15.9 Å². The number of amides is 1.